The summed E-state index contributed by atoms with van der Waals surface area (Å²) >= 11 is 1.68. The number of nitrogens with one attached hydrogen (secondary N) is 1. The molecule has 98 valence electrons. The molecule has 0 aliphatic carbocycles. The Morgan fingerprint density at radius 2 is 2.22 bits per heavy atom. The van der Waals surface area contributed by atoms with Crippen LogP contribution in [0.5, 0.6) is 0 Å². The van der Waals surface area contributed by atoms with E-state index in [-0.39, 0.29) is 0 Å². The highest BCUT2D eigenvalue weighted by molar-refractivity contribution is 7.18. The first-order valence-corrected chi connectivity index (χ1v) is 6.93. The maximum atomic E-state index is 5.51. The second-order valence-corrected chi connectivity index (χ2v) is 5.09. The van der Waals surface area contributed by atoms with Crippen molar-refractivity contribution >= 4 is 27.4 Å². The highest BCUT2D eigenvalue weighted by Crippen LogP contribution is 2.28. The zero-order chi connectivity index (χ0) is 13.0. The van der Waals surface area contributed by atoms with E-state index in [0.29, 0.717) is 18.2 Å². The third-order valence-corrected chi connectivity index (χ3v) is 3.73. The quantitative estimate of drug-likeness (QED) is 0.477. The molecule has 0 aliphatic heterocycles. The molecule has 0 aromatic carbocycles. The monoisotopic (exact) mass is 266 g/mol. The van der Waals surface area contributed by atoms with E-state index in [4.69, 9.17) is 10.6 Å². The lowest BCUT2D eigenvalue weighted by atomic mass is 10.3. The fourth-order valence-electron chi connectivity index (χ4n) is 1.67. The van der Waals surface area contributed by atoms with Crippen LogP contribution in [-0.4, -0.2) is 16.6 Å². The summed E-state index contributed by atoms with van der Waals surface area (Å²) in [5.41, 5.74) is 2.64. The van der Waals surface area contributed by atoms with Gasteiger partial charge in [0.15, 0.2) is 11.6 Å². The zero-order valence-corrected chi connectivity index (χ0v) is 11.5. The first-order chi connectivity index (χ1) is 8.78. The molecular formula is C12H18N4OS. The molecule has 3 N–H and O–H groups in total. The van der Waals surface area contributed by atoms with Gasteiger partial charge in [-0.2, -0.15) is 0 Å². The third kappa shape index (κ3) is 2.77. The van der Waals surface area contributed by atoms with Crippen molar-refractivity contribution < 1.29 is 4.74 Å². The van der Waals surface area contributed by atoms with Gasteiger partial charge >= 0.3 is 0 Å². The van der Waals surface area contributed by atoms with Crippen molar-refractivity contribution in [3.63, 3.8) is 0 Å². The average molecular weight is 266 g/mol. The fraction of sp³-hybridized carbons (Fsp3) is 0.500. The molecule has 0 aliphatic rings. The zero-order valence-electron chi connectivity index (χ0n) is 10.7. The van der Waals surface area contributed by atoms with Gasteiger partial charge in [-0.15, -0.1) is 11.3 Å². The molecule has 2 heterocycles. The first kappa shape index (κ1) is 13.2. The van der Waals surface area contributed by atoms with Gasteiger partial charge in [-0.05, 0) is 18.9 Å². The van der Waals surface area contributed by atoms with Gasteiger partial charge in [-0.1, -0.05) is 13.8 Å². The van der Waals surface area contributed by atoms with Crippen LogP contribution >= 0.6 is 11.3 Å². The van der Waals surface area contributed by atoms with Crippen molar-refractivity contribution in [2.24, 2.45) is 5.84 Å². The molecule has 2 aromatic rings. The summed E-state index contributed by atoms with van der Waals surface area (Å²) in [5, 5.41) is 0.985. The Balaban J connectivity index is 2.32. The van der Waals surface area contributed by atoms with E-state index in [1.807, 2.05) is 0 Å². The molecule has 0 radical (unpaired) electrons. The average Bonchev–Trinajstić information content (AvgIpc) is 2.81. The third-order valence-electron chi connectivity index (χ3n) is 2.55. The van der Waals surface area contributed by atoms with Crippen molar-refractivity contribution in [1.29, 1.82) is 0 Å². The highest BCUT2D eigenvalue weighted by Gasteiger charge is 2.10. The predicted octanol–water partition coefficient (Wildman–Crippen LogP) is 2.47. The molecule has 2 rings (SSSR count). The van der Waals surface area contributed by atoms with E-state index in [0.717, 1.165) is 29.7 Å². The minimum atomic E-state index is 0.428. The lowest BCUT2D eigenvalue weighted by molar-refractivity contribution is 0.116. The Morgan fingerprint density at radius 3 is 2.89 bits per heavy atom. The molecule has 0 unspecified atom stereocenters. The SMILES string of the molecule is CCCOCc1nc(NN)c2cc(CC)sc2n1. The lowest BCUT2D eigenvalue weighted by Crippen LogP contribution is -2.11. The van der Waals surface area contributed by atoms with E-state index in [1.54, 1.807) is 11.3 Å². The number of thiophene rings is 1. The number of nitrogens with zero attached hydrogens (tertiary/aromatic N) is 2. The smallest absolute Gasteiger partial charge is 0.158 e. The van der Waals surface area contributed by atoms with Gasteiger partial charge in [-0.3, -0.25) is 0 Å². The van der Waals surface area contributed by atoms with Crippen LogP contribution in [0.4, 0.5) is 5.82 Å². The van der Waals surface area contributed by atoms with Gasteiger partial charge in [-0.25, -0.2) is 15.8 Å². The van der Waals surface area contributed by atoms with Gasteiger partial charge in [0.1, 0.15) is 11.4 Å². The van der Waals surface area contributed by atoms with Crippen LogP contribution < -0.4 is 11.3 Å². The Kier molecular flexibility index (Phi) is 4.46. The van der Waals surface area contributed by atoms with Crippen molar-refractivity contribution in [2.75, 3.05) is 12.0 Å². The number of hydrogen-bond donors (Lipinski definition) is 2. The molecule has 18 heavy (non-hydrogen) atoms. The van der Waals surface area contributed by atoms with E-state index in [2.05, 4.69) is 35.3 Å². The molecule has 0 saturated carbocycles. The summed E-state index contributed by atoms with van der Waals surface area (Å²) in [6.07, 6.45) is 1.98. The Bertz CT molecular complexity index is 526. The maximum Gasteiger partial charge on any atom is 0.158 e. The van der Waals surface area contributed by atoms with Crippen LogP contribution in [0.1, 0.15) is 31.0 Å². The topological polar surface area (TPSA) is 73.1 Å². The minimum Gasteiger partial charge on any atom is -0.373 e. The molecule has 0 fully saturated rings. The number of hydrogen-bond acceptors (Lipinski definition) is 6. The van der Waals surface area contributed by atoms with Crippen molar-refractivity contribution in [2.45, 2.75) is 33.3 Å². The molecule has 0 atom stereocenters. The molecule has 0 bridgehead atoms. The largest absolute Gasteiger partial charge is 0.373 e. The number of anilines is 1. The molecule has 5 nitrogen and oxygen atoms in total. The Hall–Kier alpha value is -1.24. The number of ether oxygens (including phenoxy) is 1. The highest BCUT2D eigenvalue weighted by atomic mass is 32.1. The van der Waals surface area contributed by atoms with Crippen molar-refractivity contribution in [3.8, 4) is 0 Å². The standard InChI is InChI=1S/C12H18N4OS/c1-3-5-17-7-10-14-11(16-13)9-6-8(4-2)18-12(9)15-10/h6H,3-5,7,13H2,1-2H3,(H,14,15,16). The Labute approximate surface area is 110 Å². The second-order valence-electron chi connectivity index (χ2n) is 3.97. The van der Waals surface area contributed by atoms with Gasteiger partial charge in [0.05, 0.1) is 5.39 Å². The normalized spacial score (nSPS) is 11.1. The van der Waals surface area contributed by atoms with Crippen LogP contribution in [0.3, 0.4) is 0 Å². The van der Waals surface area contributed by atoms with Crippen LogP contribution in [0.25, 0.3) is 10.2 Å². The number of fused-ring (bicyclic) bond motifs is 1. The lowest BCUT2D eigenvalue weighted by Gasteiger charge is -2.05. The summed E-state index contributed by atoms with van der Waals surface area (Å²) in [5.74, 6) is 6.86. The van der Waals surface area contributed by atoms with Crippen molar-refractivity contribution in [1.82, 2.24) is 9.97 Å². The Morgan fingerprint density at radius 1 is 1.39 bits per heavy atom. The predicted molar refractivity (Wildman–Crippen MR) is 74.6 cm³/mol. The fourth-order valence-corrected chi connectivity index (χ4v) is 2.66. The van der Waals surface area contributed by atoms with Crippen LogP contribution in [0.15, 0.2) is 6.07 Å². The number of aromatic nitrogens is 2. The number of nitrogens with two attached hydrogens (primary N) is 1. The maximum absolute atomic E-state index is 5.51. The number of rotatable bonds is 6. The summed E-state index contributed by atoms with van der Waals surface area (Å²) in [6.45, 7) is 5.35. The first-order valence-electron chi connectivity index (χ1n) is 6.12. The van der Waals surface area contributed by atoms with Gasteiger partial charge in [0.25, 0.3) is 0 Å². The molecule has 0 saturated heterocycles. The number of nitrogen functional groups attached to an aromatic ring is 1. The molecular weight excluding hydrogens is 248 g/mol. The molecule has 0 amide bonds. The van der Waals surface area contributed by atoms with Crippen LogP contribution in [-0.2, 0) is 17.8 Å². The van der Waals surface area contributed by atoms with Gasteiger partial charge < -0.3 is 10.2 Å². The summed E-state index contributed by atoms with van der Waals surface area (Å²) < 4.78 is 5.46. The summed E-state index contributed by atoms with van der Waals surface area (Å²) in [4.78, 5) is 11.1. The molecule has 0 spiro atoms. The minimum absolute atomic E-state index is 0.428. The molecule has 6 heteroatoms. The summed E-state index contributed by atoms with van der Waals surface area (Å²) in [7, 11) is 0. The van der Waals surface area contributed by atoms with Crippen LogP contribution in [0, 0.1) is 0 Å². The van der Waals surface area contributed by atoms with E-state index in [1.165, 1.54) is 4.88 Å². The van der Waals surface area contributed by atoms with E-state index in [9.17, 15) is 0 Å². The number of hydrazine groups is 1. The van der Waals surface area contributed by atoms with Gasteiger partial charge in [0.2, 0.25) is 0 Å². The van der Waals surface area contributed by atoms with Gasteiger partial charge in [0, 0.05) is 11.5 Å². The van der Waals surface area contributed by atoms with E-state index >= 15 is 0 Å². The second kappa shape index (κ2) is 6.08. The number of aryl methyl sites for hydroxylation is 1. The van der Waals surface area contributed by atoms with Crippen molar-refractivity contribution in [3.05, 3.63) is 16.8 Å². The molecule has 2 aromatic heterocycles. The summed E-state index contributed by atoms with van der Waals surface area (Å²) in [6, 6.07) is 2.09. The van der Waals surface area contributed by atoms with E-state index < -0.39 is 0 Å². The van der Waals surface area contributed by atoms with Crippen LogP contribution in [0.2, 0.25) is 0 Å².